The Balaban J connectivity index is 2.15. The van der Waals surface area contributed by atoms with E-state index in [9.17, 15) is 4.79 Å². The molecule has 2 aromatic rings. The Kier molecular flexibility index (Phi) is 4.35. The summed E-state index contributed by atoms with van der Waals surface area (Å²) in [6.07, 6.45) is 3.44. The zero-order chi connectivity index (χ0) is 15.5. The molecule has 1 N–H and O–H groups in total. The number of hydrogen-bond donors (Lipinski definition) is 1. The highest BCUT2D eigenvalue weighted by atomic mass is 16.2. The summed E-state index contributed by atoms with van der Waals surface area (Å²) < 4.78 is 0. The number of pyridine rings is 1. The van der Waals surface area contributed by atoms with Crippen molar-refractivity contribution in [1.29, 1.82) is 0 Å². The van der Waals surface area contributed by atoms with Crippen molar-refractivity contribution in [3.05, 3.63) is 41.7 Å². The molecule has 0 unspecified atom stereocenters. The van der Waals surface area contributed by atoms with Crippen LogP contribution in [0.15, 0.2) is 24.5 Å². The number of aromatic amines is 1. The van der Waals surface area contributed by atoms with Crippen LogP contribution in [0.4, 0.5) is 0 Å². The van der Waals surface area contributed by atoms with Gasteiger partial charge in [0.2, 0.25) is 5.82 Å². The molecule has 2 heterocycles. The first-order chi connectivity index (χ1) is 9.91. The third-order valence-corrected chi connectivity index (χ3v) is 3.18. The molecule has 0 fully saturated rings. The third kappa shape index (κ3) is 3.65. The third-order valence-electron chi connectivity index (χ3n) is 3.18. The van der Waals surface area contributed by atoms with E-state index in [0.29, 0.717) is 18.9 Å². The molecule has 6 nitrogen and oxygen atoms in total. The number of hydrogen-bond acceptors (Lipinski definition) is 4. The van der Waals surface area contributed by atoms with Gasteiger partial charge in [-0.3, -0.25) is 14.9 Å². The molecular weight excluding hydrogens is 266 g/mol. The standard InChI is InChI=1S/C15H21N5O/c1-5-20(10-11-6-8-16-9-7-11)13(21)12-17-14(19-18-12)15(2,3)4/h6-9H,5,10H2,1-4H3,(H,17,18,19). The topological polar surface area (TPSA) is 74.8 Å². The number of nitrogens with zero attached hydrogens (tertiary/aromatic N) is 4. The average Bonchev–Trinajstić information content (AvgIpc) is 2.95. The Bertz CT molecular complexity index is 600. The Morgan fingerprint density at radius 3 is 2.48 bits per heavy atom. The van der Waals surface area contributed by atoms with Gasteiger partial charge in [0.05, 0.1) is 0 Å². The molecule has 0 aliphatic carbocycles. The molecular formula is C15H21N5O. The fourth-order valence-electron chi connectivity index (χ4n) is 1.87. The predicted molar refractivity (Wildman–Crippen MR) is 79.7 cm³/mol. The van der Waals surface area contributed by atoms with E-state index in [2.05, 4.69) is 20.2 Å². The molecule has 2 aromatic heterocycles. The molecule has 112 valence electrons. The van der Waals surface area contributed by atoms with E-state index in [1.807, 2.05) is 39.8 Å². The van der Waals surface area contributed by atoms with Crippen LogP contribution < -0.4 is 0 Å². The lowest BCUT2D eigenvalue weighted by Gasteiger charge is -2.19. The van der Waals surface area contributed by atoms with E-state index in [4.69, 9.17) is 0 Å². The number of H-pyrrole nitrogens is 1. The largest absolute Gasteiger partial charge is 0.332 e. The maximum absolute atomic E-state index is 12.5. The maximum Gasteiger partial charge on any atom is 0.293 e. The lowest BCUT2D eigenvalue weighted by atomic mass is 9.96. The van der Waals surface area contributed by atoms with Gasteiger partial charge in [-0.2, -0.15) is 0 Å². The number of amides is 1. The lowest BCUT2D eigenvalue weighted by Crippen LogP contribution is -2.31. The van der Waals surface area contributed by atoms with Crippen molar-refractivity contribution in [2.75, 3.05) is 6.54 Å². The molecule has 1 amide bonds. The maximum atomic E-state index is 12.5. The van der Waals surface area contributed by atoms with Gasteiger partial charge in [0.25, 0.3) is 5.91 Å². The minimum absolute atomic E-state index is 0.159. The van der Waals surface area contributed by atoms with Crippen LogP contribution in [0.1, 0.15) is 49.7 Å². The second kappa shape index (κ2) is 6.03. The molecule has 2 rings (SSSR count). The average molecular weight is 287 g/mol. The summed E-state index contributed by atoms with van der Waals surface area (Å²) in [5.41, 5.74) is 0.875. The van der Waals surface area contributed by atoms with E-state index in [1.54, 1.807) is 17.3 Å². The minimum Gasteiger partial charge on any atom is -0.332 e. The number of aromatic nitrogens is 4. The summed E-state index contributed by atoms with van der Waals surface area (Å²) >= 11 is 0. The van der Waals surface area contributed by atoms with Crippen molar-refractivity contribution in [2.45, 2.75) is 39.7 Å². The summed E-state index contributed by atoms with van der Waals surface area (Å²) in [5, 5.41) is 6.90. The van der Waals surface area contributed by atoms with Crippen molar-refractivity contribution in [1.82, 2.24) is 25.1 Å². The monoisotopic (exact) mass is 287 g/mol. The highest BCUT2D eigenvalue weighted by Gasteiger charge is 2.23. The molecule has 0 saturated heterocycles. The lowest BCUT2D eigenvalue weighted by molar-refractivity contribution is 0.0740. The van der Waals surface area contributed by atoms with Gasteiger partial charge in [-0.1, -0.05) is 20.8 Å². The molecule has 0 aromatic carbocycles. The van der Waals surface area contributed by atoms with Crippen LogP contribution in [0.25, 0.3) is 0 Å². The van der Waals surface area contributed by atoms with Gasteiger partial charge in [-0.15, -0.1) is 5.10 Å². The van der Waals surface area contributed by atoms with Crippen molar-refractivity contribution >= 4 is 5.91 Å². The summed E-state index contributed by atoms with van der Waals surface area (Å²) in [6.45, 7) is 9.14. The Hall–Kier alpha value is -2.24. The SMILES string of the molecule is CCN(Cc1ccncc1)C(=O)c1n[nH]c(C(C)(C)C)n1. The van der Waals surface area contributed by atoms with Crippen molar-refractivity contribution < 1.29 is 4.79 Å². The molecule has 0 atom stereocenters. The smallest absolute Gasteiger partial charge is 0.293 e. The van der Waals surface area contributed by atoms with E-state index < -0.39 is 0 Å². The van der Waals surface area contributed by atoms with Crippen LogP contribution in [-0.4, -0.2) is 37.5 Å². The van der Waals surface area contributed by atoms with Gasteiger partial charge in [-0.25, -0.2) is 4.98 Å². The number of rotatable bonds is 4. The molecule has 0 spiro atoms. The van der Waals surface area contributed by atoms with Crippen molar-refractivity contribution in [2.24, 2.45) is 0 Å². The molecule has 0 saturated carbocycles. The van der Waals surface area contributed by atoms with Gasteiger partial charge < -0.3 is 4.90 Å². The fourth-order valence-corrected chi connectivity index (χ4v) is 1.87. The first kappa shape index (κ1) is 15.2. The van der Waals surface area contributed by atoms with E-state index in [1.165, 1.54) is 0 Å². The minimum atomic E-state index is -0.166. The van der Waals surface area contributed by atoms with Crippen LogP contribution in [0, 0.1) is 0 Å². The predicted octanol–water partition coefficient (Wildman–Crippen LogP) is 2.16. The summed E-state index contributed by atoms with van der Waals surface area (Å²) in [5.74, 6) is 0.766. The molecule has 0 aliphatic heterocycles. The molecule has 0 radical (unpaired) electrons. The van der Waals surface area contributed by atoms with Gasteiger partial charge in [0, 0.05) is 30.9 Å². The van der Waals surface area contributed by atoms with Gasteiger partial charge in [0.15, 0.2) is 0 Å². The molecule has 21 heavy (non-hydrogen) atoms. The second-order valence-corrected chi connectivity index (χ2v) is 5.93. The number of nitrogens with one attached hydrogen (secondary N) is 1. The van der Waals surface area contributed by atoms with Crippen LogP contribution in [-0.2, 0) is 12.0 Å². The van der Waals surface area contributed by atoms with E-state index in [0.717, 1.165) is 5.56 Å². The van der Waals surface area contributed by atoms with Crippen molar-refractivity contribution in [3.63, 3.8) is 0 Å². The van der Waals surface area contributed by atoms with Gasteiger partial charge in [-0.05, 0) is 24.6 Å². The summed E-state index contributed by atoms with van der Waals surface area (Å²) in [6, 6.07) is 3.79. The first-order valence-electron chi connectivity index (χ1n) is 7.03. The van der Waals surface area contributed by atoms with Gasteiger partial charge >= 0.3 is 0 Å². The molecule has 6 heteroatoms. The first-order valence-corrected chi connectivity index (χ1v) is 7.03. The number of carbonyl (C=O) groups is 1. The van der Waals surface area contributed by atoms with E-state index in [-0.39, 0.29) is 17.1 Å². The van der Waals surface area contributed by atoms with Crippen LogP contribution in [0.5, 0.6) is 0 Å². The Labute approximate surface area is 124 Å². The highest BCUT2D eigenvalue weighted by Crippen LogP contribution is 2.18. The zero-order valence-electron chi connectivity index (χ0n) is 12.9. The highest BCUT2D eigenvalue weighted by molar-refractivity contribution is 5.90. The van der Waals surface area contributed by atoms with Crippen LogP contribution >= 0.6 is 0 Å². The van der Waals surface area contributed by atoms with Crippen LogP contribution in [0.2, 0.25) is 0 Å². The number of carbonyl (C=O) groups excluding carboxylic acids is 1. The zero-order valence-corrected chi connectivity index (χ0v) is 12.9. The Morgan fingerprint density at radius 2 is 1.95 bits per heavy atom. The normalized spacial score (nSPS) is 11.4. The molecule has 0 aliphatic rings. The van der Waals surface area contributed by atoms with Crippen LogP contribution in [0.3, 0.4) is 0 Å². The van der Waals surface area contributed by atoms with Crippen molar-refractivity contribution in [3.8, 4) is 0 Å². The van der Waals surface area contributed by atoms with E-state index >= 15 is 0 Å². The summed E-state index contributed by atoms with van der Waals surface area (Å²) in [4.78, 5) is 22.5. The fraction of sp³-hybridized carbons (Fsp3) is 0.467. The van der Waals surface area contributed by atoms with Gasteiger partial charge in [0.1, 0.15) is 5.82 Å². The summed E-state index contributed by atoms with van der Waals surface area (Å²) in [7, 11) is 0. The second-order valence-electron chi connectivity index (χ2n) is 5.93. The quantitative estimate of drug-likeness (QED) is 0.935. The Morgan fingerprint density at radius 1 is 1.29 bits per heavy atom. The molecule has 0 bridgehead atoms.